The molecule has 0 aromatic heterocycles. The van der Waals surface area contributed by atoms with Crippen molar-refractivity contribution in [2.75, 3.05) is 19.0 Å². The third kappa shape index (κ3) is 4.03. The lowest BCUT2D eigenvalue weighted by atomic mass is 10.1. The fourth-order valence-electron chi connectivity index (χ4n) is 2.19. The second-order valence-corrected chi connectivity index (χ2v) is 5.38. The van der Waals surface area contributed by atoms with E-state index < -0.39 is 0 Å². The Hall–Kier alpha value is -1.91. The molecule has 2 aromatic carbocycles. The standard InChI is InChI=1S/C17H20N2OS/c1-12-7-8-16(14(11-12)17(18)21)19-15-6-4-3-5-13(15)9-10-20-2/h3-8,11,19H,9-10H2,1-2H3,(H2,18,21). The van der Waals surface area contributed by atoms with Gasteiger partial charge in [-0.15, -0.1) is 0 Å². The molecule has 0 spiro atoms. The van der Waals surface area contributed by atoms with Gasteiger partial charge in [-0.1, -0.05) is 42.0 Å². The number of thiocarbonyl (C=S) groups is 1. The Morgan fingerprint density at radius 1 is 1.19 bits per heavy atom. The Balaban J connectivity index is 2.32. The van der Waals surface area contributed by atoms with Crippen molar-refractivity contribution in [1.82, 2.24) is 0 Å². The molecule has 4 heteroatoms. The van der Waals surface area contributed by atoms with Crippen LogP contribution in [0.1, 0.15) is 16.7 Å². The summed E-state index contributed by atoms with van der Waals surface area (Å²) >= 11 is 5.15. The summed E-state index contributed by atoms with van der Waals surface area (Å²) in [6.07, 6.45) is 0.855. The lowest BCUT2D eigenvalue weighted by Gasteiger charge is -2.15. The van der Waals surface area contributed by atoms with E-state index in [1.165, 1.54) is 5.56 Å². The van der Waals surface area contributed by atoms with Gasteiger partial charge in [0.1, 0.15) is 4.99 Å². The summed E-state index contributed by atoms with van der Waals surface area (Å²) in [7, 11) is 1.71. The van der Waals surface area contributed by atoms with Crippen molar-refractivity contribution in [3.05, 3.63) is 59.2 Å². The quantitative estimate of drug-likeness (QED) is 0.801. The molecule has 0 aliphatic heterocycles. The third-order valence-corrected chi connectivity index (χ3v) is 3.52. The van der Waals surface area contributed by atoms with Crippen molar-refractivity contribution < 1.29 is 4.74 Å². The number of benzene rings is 2. The molecule has 0 aliphatic rings. The summed E-state index contributed by atoms with van der Waals surface area (Å²) in [5.41, 5.74) is 11.0. The first kappa shape index (κ1) is 15.5. The SMILES string of the molecule is COCCc1ccccc1Nc1ccc(C)cc1C(N)=S. The molecule has 0 amide bonds. The van der Waals surface area contributed by atoms with Gasteiger partial charge in [-0.3, -0.25) is 0 Å². The number of hydrogen-bond acceptors (Lipinski definition) is 3. The average Bonchev–Trinajstić information content (AvgIpc) is 2.48. The Kier molecular flexibility index (Phi) is 5.31. The highest BCUT2D eigenvalue weighted by molar-refractivity contribution is 7.80. The molecule has 0 saturated carbocycles. The maximum atomic E-state index is 5.83. The van der Waals surface area contributed by atoms with Crippen molar-refractivity contribution in [2.45, 2.75) is 13.3 Å². The lowest BCUT2D eigenvalue weighted by Crippen LogP contribution is -2.12. The number of aryl methyl sites for hydroxylation is 1. The van der Waals surface area contributed by atoms with E-state index >= 15 is 0 Å². The molecule has 0 radical (unpaired) electrons. The van der Waals surface area contributed by atoms with Gasteiger partial charge in [0.25, 0.3) is 0 Å². The van der Waals surface area contributed by atoms with Crippen LogP contribution in [0.2, 0.25) is 0 Å². The van der Waals surface area contributed by atoms with E-state index in [1.807, 2.05) is 43.3 Å². The van der Waals surface area contributed by atoms with Crippen molar-refractivity contribution in [1.29, 1.82) is 0 Å². The molecule has 0 bridgehead atoms. The highest BCUT2D eigenvalue weighted by atomic mass is 32.1. The van der Waals surface area contributed by atoms with Crippen LogP contribution in [-0.4, -0.2) is 18.7 Å². The molecule has 0 aliphatic carbocycles. The van der Waals surface area contributed by atoms with Crippen LogP contribution in [0, 0.1) is 6.92 Å². The van der Waals surface area contributed by atoms with Gasteiger partial charge in [0.2, 0.25) is 0 Å². The van der Waals surface area contributed by atoms with Crippen LogP contribution >= 0.6 is 12.2 Å². The Labute approximate surface area is 131 Å². The van der Waals surface area contributed by atoms with Crippen molar-refractivity contribution >= 4 is 28.6 Å². The lowest BCUT2D eigenvalue weighted by molar-refractivity contribution is 0.202. The number of para-hydroxylation sites is 1. The Morgan fingerprint density at radius 3 is 2.67 bits per heavy atom. The second-order valence-electron chi connectivity index (χ2n) is 4.94. The molecule has 3 nitrogen and oxygen atoms in total. The maximum absolute atomic E-state index is 5.83. The summed E-state index contributed by atoms with van der Waals surface area (Å²) in [5, 5.41) is 3.44. The van der Waals surface area contributed by atoms with Gasteiger partial charge < -0.3 is 15.8 Å². The number of hydrogen-bond donors (Lipinski definition) is 2. The van der Waals surface area contributed by atoms with Gasteiger partial charge in [-0.25, -0.2) is 0 Å². The average molecular weight is 300 g/mol. The molecule has 0 atom stereocenters. The van der Waals surface area contributed by atoms with Crippen LogP contribution in [0.25, 0.3) is 0 Å². The van der Waals surface area contributed by atoms with Gasteiger partial charge in [-0.2, -0.15) is 0 Å². The first-order chi connectivity index (χ1) is 10.1. The zero-order valence-corrected chi connectivity index (χ0v) is 13.2. The van der Waals surface area contributed by atoms with E-state index in [2.05, 4.69) is 11.4 Å². The largest absolute Gasteiger partial charge is 0.389 e. The normalized spacial score (nSPS) is 10.4. The topological polar surface area (TPSA) is 47.3 Å². The molecule has 21 heavy (non-hydrogen) atoms. The van der Waals surface area contributed by atoms with Crippen LogP contribution in [0.15, 0.2) is 42.5 Å². The van der Waals surface area contributed by atoms with Crippen LogP contribution in [0.3, 0.4) is 0 Å². The summed E-state index contributed by atoms with van der Waals surface area (Å²) in [6.45, 7) is 2.72. The highest BCUT2D eigenvalue weighted by Gasteiger charge is 2.08. The van der Waals surface area contributed by atoms with Gasteiger partial charge in [-0.05, 0) is 37.1 Å². The molecule has 2 aromatic rings. The van der Waals surface area contributed by atoms with E-state index in [1.54, 1.807) is 7.11 Å². The van der Waals surface area contributed by atoms with E-state index in [-0.39, 0.29) is 0 Å². The second kappa shape index (κ2) is 7.20. The predicted molar refractivity (Wildman–Crippen MR) is 92.4 cm³/mol. The molecular formula is C17H20N2OS. The zero-order chi connectivity index (χ0) is 15.2. The smallest absolute Gasteiger partial charge is 0.106 e. The van der Waals surface area contributed by atoms with Gasteiger partial charge >= 0.3 is 0 Å². The first-order valence-electron chi connectivity index (χ1n) is 6.86. The summed E-state index contributed by atoms with van der Waals surface area (Å²) in [4.78, 5) is 0.399. The predicted octanol–water partition coefficient (Wildman–Crippen LogP) is 3.56. The Morgan fingerprint density at radius 2 is 1.95 bits per heavy atom. The van der Waals surface area contributed by atoms with E-state index in [4.69, 9.17) is 22.7 Å². The number of anilines is 2. The van der Waals surface area contributed by atoms with Gasteiger partial charge in [0, 0.05) is 24.0 Å². The summed E-state index contributed by atoms with van der Waals surface area (Å²) < 4.78 is 5.16. The molecule has 0 heterocycles. The number of nitrogens with two attached hydrogens (primary N) is 1. The minimum absolute atomic E-state index is 0.399. The molecular weight excluding hydrogens is 280 g/mol. The monoisotopic (exact) mass is 300 g/mol. The van der Waals surface area contributed by atoms with Crippen molar-refractivity contribution in [2.24, 2.45) is 5.73 Å². The third-order valence-electron chi connectivity index (χ3n) is 3.30. The first-order valence-corrected chi connectivity index (χ1v) is 7.27. The van der Waals surface area contributed by atoms with E-state index in [9.17, 15) is 0 Å². The Bertz CT molecular complexity index is 640. The molecule has 0 fully saturated rings. The fourth-order valence-corrected chi connectivity index (χ4v) is 2.36. The molecule has 3 N–H and O–H groups in total. The van der Waals surface area contributed by atoms with Crippen LogP contribution < -0.4 is 11.1 Å². The number of ether oxygens (including phenoxy) is 1. The van der Waals surface area contributed by atoms with Crippen molar-refractivity contribution in [3.8, 4) is 0 Å². The van der Waals surface area contributed by atoms with Crippen LogP contribution in [0.4, 0.5) is 11.4 Å². The van der Waals surface area contributed by atoms with Crippen molar-refractivity contribution in [3.63, 3.8) is 0 Å². The van der Waals surface area contributed by atoms with Crippen LogP contribution in [0.5, 0.6) is 0 Å². The molecule has 110 valence electrons. The van der Waals surface area contributed by atoms with E-state index in [0.717, 1.165) is 28.9 Å². The maximum Gasteiger partial charge on any atom is 0.106 e. The molecule has 2 rings (SSSR count). The minimum atomic E-state index is 0.399. The number of rotatable bonds is 6. The fraction of sp³-hybridized carbons (Fsp3) is 0.235. The minimum Gasteiger partial charge on any atom is -0.389 e. The molecule has 0 saturated heterocycles. The van der Waals surface area contributed by atoms with E-state index in [0.29, 0.717) is 11.6 Å². The summed E-state index contributed by atoms with van der Waals surface area (Å²) in [5.74, 6) is 0. The zero-order valence-electron chi connectivity index (χ0n) is 12.3. The van der Waals surface area contributed by atoms with Gasteiger partial charge in [0.05, 0.1) is 6.61 Å². The number of nitrogens with one attached hydrogen (secondary N) is 1. The highest BCUT2D eigenvalue weighted by Crippen LogP contribution is 2.25. The molecule has 0 unspecified atom stereocenters. The van der Waals surface area contributed by atoms with Crippen LogP contribution in [-0.2, 0) is 11.2 Å². The van der Waals surface area contributed by atoms with Gasteiger partial charge in [0.15, 0.2) is 0 Å². The number of methoxy groups -OCH3 is 1. The summed E-state index contributed by atoms with van der Waals surface area (Å²) in [6, 6.07) is 14.2.